The fraction of sp³-hybridized carbons (Fsp3) is 0.231. The molecular formula is C13H13BrN2O. The minimum atomic E-state index is -0.0867. The number of aromatic nitrogens is 2. The summed E-state index contributed by atoms with van der Waals surface area (Å²) in [6.07, 6.45) is 2.57. The smallest absolute Gasteiger partial charge is 0.262 e. The molecule has 0 saturated heterocycles. The molecule has 0 aliphatic carbocycles. The lowest BCUT2D eigenvalue weighted by Crippen LogP contribution is -2.10. The predicted molar refractivity (Wildman–Crippen MR) is 72.1 cm³/mol. The lowest BCUT2D eigenvalue weighted by Gasteiger charge is -2.08. The molecule has 3 nitrogen and oxygen atoms in total. The van der Waals surface area contributed by atoms with E-state index < -0.39 is 0 Å². The zero-order valence-corrected chi connectivity index (χ0v) is 11.3. The van der Waals surface area contributed by atoms with E-state index in [1.807, 2.05) is 32.0 Å². The summed E-state index contributed by atoms with van der Waals surface area (Å²) < 4.78 is 0.555. The molecule has 88 valence electrons. The van der Waals surface area contributed by atoms with Crippen molar-refractivity contribution >= 4 is 15.9 Å². The van der Waals surface area contributed by atoms with Crippen LogP contribution >= 0.6 is 15.9 Å². The SMILES string of the molecule is CCc1[nH]c(=O)c(Br)cc1-c1ccnc(C)c1. The number of hydrogen-bond donors (Lipinski definition) is 1. The van der Waals surface area contributed by atoms with Crippen LogP contribution in [0.1, 0.15) is 18.3 Å². The molecule has 0 amide bonds. The number of nitrogens with one attached hydrogen (secondary N) is 1. The first-order valence-electron chi connectivity index (χ1n) is 5.46. The van der Waals surface area contributed by atoms with E-state index in [0.717, 1.165) is 28.9 Å². The normalized spacial score (nSPS) is 10.5. The van der Waals surface area contributed by atoms with Gasteiger partial charge in [-0.2, -0.15) is 0 Å². The molecule has 17 heavy (non-hydrogen) atoms. The van der Waals surface area contributed by atoms with E-state index in [1.165, 1.54) is 0 Å². The van der Waals surface area contributed by atoms with Gasteiger partial charge in [-0.25, -0.2) is 0 Å². The number of hydrogen-bond acceptors (Lipinski definition) is 2. The number of aryl methyl sites for hydroxylation is 2. The number of nitrogens with zero attached hydrogens (tertiary/aromatic N) is 1. The number of aromatic amines is 1. The monoisotopic (exact) mass is 292 g/mol. The first-order valence-corrected chi connectivity index (χ1v) is 6.26. The highest BCUT2D eigenvalue weighted by Gasteiger charge is 2.08. The zero-order chi connectivity index (χ0) is 12.4. The molecule has 4 heteroatoms. The maximum Gasteiger partial charge on any atom is 0.262 e. The van der Waals surface area contributed by atoms with Crippen molar-refractivity contribution in [1.29, 1.82) is 0 Å². The van der Waals surface area contributed by atoms with E-state index in [9.17, 15) is 4.79 Å². The third kappa shape index (κ3) is 2.47. The van der Waals surface area contributed by atoms with Gasteiger partial charge in [0.2, 0.25) is 0 Å². The van der Waals surface area contributed by atoms with E-state index in [4.69, 9.17) is 0 Å². The fourth-order valence-corrected chi connectivity index (χ4v) is 2.12. The summed E-state index contributed by atoms with van der Waals surface area (Å²) in [5.74, 6) is 0. The maximum atomic E-state index is 11.5. The van der Waals surface area contributed by atoms with Gasteiger partial charge in [0.15, 0.2) is 0 Å². The summed E-state index contributed by atoms with van der Waals surface area (Å²) in [4.78, 5) is 18.6. The molecule has 0 saturated carbocycles. The van der Waals surface area contributed by atoms with Crippen molar-refractivity contribution in [2.45, 2.75) is 20.3 Å². The third-order valence-corrected chi connectivity index (χ3v) is 3.23. The Labute approximate surface area is 108 Å². The van der Waals surface area contributed by atoms with Crippen molar-refractivity contribution in [2.75, 3.05) is 0 Å². The van der Waals surface area contributed by atoms with Gasteiger partial charge in [-0.3, -0.25) is 9.78 Å². The van der Waals surface area contributed by atoms with E-state index >= 15 is 0 Å². The minimum absolute atomic E-state index is 0.0867. The number of halogens is 1. The average molecular weight is 293 g/mol. The minimum Gasteiger partial charge on any atom is -0.325 e. The third-order valence-electron chi connectivity index (χ3n) is 2.64. The molecule has 0 unspecified atom stereocenters. The Morgan fingerprint density at radius 2 is 2.18 bits per heavy atom. The Morgan fingerprint density at radius 3 is 2.82 bits per heavy atom. The highest BCUT2D eigenvalue weighted by atomic mass is 79.9. The molecule has 0 spiro atoms. The van der Waals surface area contributed by atoms with Crippen molar-refractivity contribution < 1.29 is 0 Å². The summed E-state index contributed by atoms with van der Waals surface area (Å²) in [7, 11) is 0. The molecule has 2 aromatic rings. The molecule has 2 aromatic heterocycles. The van der Waals surface area contributed by atoms with Gasteiger partial charge in [-0.05, 0) is 53.0 Å². The molecule has 0 bridgehead atoms. The molecule has 2 rings (SSSR count). The van der Waals surface area contributed by atoms with E-state index in [0.29, 0.717) is 4.47 Å². The van der Waals surface area contributed by atoms with Crippen molar-refractivity contribution in [1.82, 2.24) is 9.97 Å². The second-order valence-corrected chi connectivity index (χ2v) is 4.73. The summed E-state index contributed by atoms with van der Waals surface area (Å²) in [6.45, 7) is 3.98. The van der Waals surface area contributed by atoms with Crippen LogP contribution in [0.15, 0.2) is 33.7 Å². The average Bonchev–Trinajstić information content (AvgIpc) is 2.32. The fourth-order valence-electron chi connectivity index (χ4n) is 1.79. The molecular weight excluding hydrogens is 280 g/mol. The van der Waals surface area contributed by atoms with Gasteiger partial charge < -0.3 is 4.98 Å². The summed E-state index contributed by atoms with van der Waals surface area (Å²) >= 11 is 3.27. The van der Waals surface area contributed by atoms with Gasteiger partial charge >= 0.3 is 0 Å². The Bertz CT molecular complexity index is 605. The van der Waals surface area contributed by atoms with Crippen LogP contribution in [0.5, 0.6) is 0 Å². The molecule has 1 N–H and O–H groups in total. The van der Waals surface area contributed by atoms with Crippen molar-refractivity contribution in [3.8, 4) is 11.1 Å². The van der Waals surface area contributed by atoms with E-state index in [-0.39, 0.29) is 5.56 Å². The summed E-state index contributed by atoms with van der Waals surface area (Å²) in [5, 5.41) is 0. The second kappa shape index (κ2) is 4.84. The summed E-state index contributed by atoms with van der Waals surface area (Å²) in [5.41, 5.74) is 3.95. The van der Waals surface area contributed by atoms with Crippen LogP contribution in [-0.4, -0.2) is 9.97 Å². The van der Waals surface area contributed by atoms with Crippen LogP contribution in [-0.2, 0) is 6.42 Å². The van der Waals surface area contributed by atoms with Crippen LogP contribution < -0.4 is 5.56 Å². The second-order valence-electron chi connectivity index (χ2n) is 3.88. The maximum absolute atomic E-state index is 11.5. The number of H-pyrrole nitrogens is 1. The first kappa shape index (κ1) is 12.0. The number of rotatable bonds is 2. The van der Waals surface area contributed by atoms with E-state index in [1.54, 1.807) is 6.20 Å². The number of pyridine rings is 2. The summed E-state index contributed by atoms with van der Waals surface area (Å²) in [6, 6.07) is 5.83. The lowest BCUT2D eigenvalue weighted by atomic mass is 10.0. The highest BCUT2D eigenvalue weighted by Crippen LogP contribution is 2.24. The van der Waals surface area contributed by atoms with E-state index in [2.05, 4.69) is 25.9 Å². The van der Waals surface area contributed by atoms with Crippen molar-refractivity contribution in [3.05, 3.63) is 50.6 Å². The van der Waals surface area contributed by atoms with Gasteiger partial charge in [0.25, 0.3) is 5.56 Å². The van der Waals surface area contributed by atoms with Crippen LogP contribution in [0.25, 0.3) is 11.1 Å². The van der Waals surface area contributed by atoms with Gasteiger partial charge in [0.1, 0.15) is 0 Å². The van der Waals surface area contributed by atoms with Gasteiger partial charge in [0.05, 0.1) is 4.47 Å². The Morgan fingerprint density at radius 1 is 1.41 bits per heavy atom. The largest absolute Gasteiger partial charge is 0.325 e. The molecule has 0 fully saturated rings. The molecule has 2 heterocycles. The van der Waals surface area contributed by atoms with Crippen LogP contribution in [0.3, 0.4) is 0 Å². The molecule has 0 atom stereocenters. The lowest BCUT2D eigenvalue weighted by molar-refractivity contribution is 1.01. The Kier molecular flexibility index (Phi) is 3.43. The predicted octanol–water partition coefficient (Wildman–Crippen LogP) is 3.07. The van der Waals surface area contributed by atoms with Crippen LogP contribution in [0.4, 0.5) is 0 Å². The topological polar surface area (TPSA) is 45.8 Å². The van der Waals surface area contributed by atoms with Crippen molar-refractivity contribution in [3.63, 3.8) is 0 Å². The van der Waals surface area contributed by atoms with Gasteiger partial charge in [-0.15, -0.1) is 0 Å². The van der Waals surface area contributed by atoms with Gasteiger partial charge in [-0.1, -0.05) is 6.92 Å². The molecule has 0 aromatic carbocycles. The molecule has 0 aliphatic rings. The quantitative estimate of drug-likeness (QED) is 0.925. The first-order chi connectivity index (χ1) is 8.11. The standard InChI is InChI=1S/C13H13BrN2O/c1-3-12-10(7-11(14)13(17)16-12)9-4-5-15-8(2)6-9/h4-7H,3H2,1-2H3,(H,16,17). The zero-order valence-electron chi connectivity index (χ0n) is 9.75. The molecule has 0 aliphatic heterocycles. The highest BCUT2D eigenvalue weighted by molar-refractivity contribution is 9.10. The van der Waals surface area contributed by atoms with Crippen molar-refractivity contribution in [2.24, 2.45) is 0 Å². The van der Waals surface area contributed by atoms with Crippen LogP contribution in [0, 0.1) is 6.92 Å². The van der Waals surface area contributed by atoms with Gasteiger partial charge in [0, 0.05) is 23.1 Å². The van der Waals surface area contributed by atoms with Crippen LogP contribution in [0.2, 0.25) is 0 Å². The Balaban J connectivity index is 2.66. The Hall–Kier alpha value is -1.42. The molecule has 0 radical (unpaired) electrons.